The molecule has 1 N–H and O–H groups in total. The van der Waals surface area contributed by atoms with Gasteiger partial charge in [0.05, 0.1) is 19.8 Å². The van der Waals surface area contributed by atoms with Crippen LogP contribution in [0.2, 0.25) is 0 Å². The third-order valence-electron chi connectivity index (χ3n) is 2.75. The Kier molecular flexibility index (Phi) is 7.26. The van der Waals surface area contributed by atoms with Crippen molar-refractivity contribution >= 4 is 0 Å². The maximum Gasteiger partial charge on any atom is 0.161 e. The minimum Gasteiger partial charge on any atom is -0.490 e. The van der Waals surface area contributed by atoms with E-state index < -0.39 is 0 Å². The van der Waals surface area contributed by atoms with E-state index in [2.05, 4.69) is 6.92 Å². The Labute approximate surface area is 110 Å². The molecule has 0 radical (unpaired) electrons. The molecule has 0 bridgehead atoms. The van der Waals surface area contributed by atoms with Gasteiger partial charge in [-0.05, 0) is 31.0 Å². The van der Waals surface area contributed by atoms with E-state index in [0.717, 1.165) is 30.1 Å². The topological polar surface area (TPSA) is 38.7 Å². The van der Waals surface area contributed by atoms with Crippen LogP contribution in [-0.4, -0.2) is 18.3 Å². The average Bonchev–Trinajstić information content (AvgIpc) is 2.40. The third kappa shape index (κ3) is 4.96. The zero-order valence-corrected chi connectivity index (χ0v) is 11.4. The van der Waals surface area contributed by atoms with Gasteiger partial charge in [0.1, 0.15) is 0 Å². The number of benzene rings is 1. The predicted molar refractivity (Wildman–Crippen MR) is 73.2 cm³/mol. The second-order valence-electron chi connectivity index (χ2n) is 4.28. The Hall–Kier alpha value is -1.22. The van der Waals surface area contributed by atoms with Crippen LogP contribution in [0, 0.1) is 0 Å². The van der Waals surface area contributed by atoms with Crippen molar-refractivity contribution in [1.29, 1.82) is 0 Å². The molecule has 1 aromatic carbocycles. The second kappa shape index (κ2) is 8.81. The van der Waals surface area contributed by atoms with Gasteiger partial charge in [-0.15, -0.1) is 0 Å². The Morgan fingerprint density at radius 1 is 1.00 bits per heavy atom. The van der Waals surface area contributed by atoms with E-state index in [4.69, 9.17) is 14.6 Å². The number of unbranched alkanes of at least 4 members (excludes halogenated alkanes) is 3. The number of aliphatic hydroxyl groups is 1. The van der Waals surface area contributed by atoms with Gasteiger partial charge in [-0.25, -0.2) is 0 Å². The van der Waals surface area contributed by atoms with Crippen molar-refractivity contribution in [3.8, 4) is 11.5 Å². The molecule has 0 fully saturated rings. The molecule has 102 valence electrons. The summed E-state index contributed by atoms with van der Waals surface area (Å²) < 4.78 is 11.3. The van der Waals surface area contributed by atoms with Gasteiger partial charge in [0.15, 0.2) is 11.5 Å². The van der Waals surface area contributed by atoms with E-state index in [1.54, 1.807) is 0 Å². The number of rotatable bonds is 9. The Bertz CT molecular complexity index is 337. The van der Waals surface area contributed by atoms with Gasteiger partial charge in [-0.2, -0.15) is 0 Å². The lowest BCUT2D eigenvalue weighted by molar-refractivity contribution is 0.265. The Balaban J connectivity index is 2.52. The fourth-order valence-corrected chi connectivity index (χ4v) is 1.75. The number of hydrogen-bond acceptors (Lipinski definition) is 3. The average molecular weight is 252 g/mol. The summed E-state index contributed by atoms with van der Waals surface area (Å²) in [6.45, 7) is 5.48. The van der Waals surface area contributed by atoms with Crippen molar-refractivity contribution < 1.29 is 14.6 Å². The molecular formula is C15H24O3. The van der Waals surface area contributed by atoms with Crippen LogP contribution in [-0.2, 0) is 6.61 Å². The molecule has 3 heteroatoms. The van der Waals surface area contributed by atoms with Crippen molar-refractivity contribution in [3.63, 3.8) is 0 Å². The zero-order valence-electron chi connectivity index (χ0n) is 11.4. The second-order valence-corrected chi connectivity index (χ2v) is 4.28. The van der Waals surface area contributed by atoms with Crippen molar-refractivity contribution in [3.05, 3.63) is 23.8 Å². The van der Waals surface area contributed by atoms with Crippen LogP contribution in [0.5, 0.6) is 11.5 Å². The predicted octanol–water partition coefficient (Wildman–Crippen LogP) is 3.54. The number of hydrogen-bond donors (Lipinski definition) is 1. The van der Waals surface area contributed by atoms with E-state index in [1.807, 2.05) is 25.1 Å². The third-order valence-corrected chi connectivity index (χ3v) is 2.75. The molecule has 0 aromatic heterocycles. The Morgan fingerprint density at radius 3 is 2.50 bits per heavy atom. The summed E-state index contributed by atoms with van der Waals surface area (Å²) in [5.74, 6) is 1.49. The standard InChI is InChI=1S/C15H24O3/c1-3-5-6-7-10-18-14-9-8-13(12-16)11-15(14)17-4-2/h8-9,11,16H,3-7,10,12H2,1-2H3. The normalized spacial score (nSPS) is 10.4. The monoisotopic (exact) mass is 252 g/mol. The van der Waals surface area contributed by atoms with Crippen molar-refractivity contribution in [1.82, 2.24) is 0 Å². The first-order valence-electron chi connectivity index (χ1n) is 6.81. The first-order chi connectivity index (χ1) is 8.81. The summed E-state index contributed by atoms with van der Waals surface area (Å²) in [5, 5.41) is 9.10. The van der Waals surface area contributed by atoms with Crippen LogP contribution in [0.25, 0.3) is 0 Å². The van der Waals surface area contributed by atoms with E-state index in [-0.39, 0.29) is 6.61 Å². The largest absolute Gasteiger partial charge is 0.490 e. The molecule has 0 aliphatic carbocycles. The molecule has 0 unspecified atom stereocenters. The molecule has 1 rings (SSSR count). The van der Waals surface area contributed by atoms with Crippen LogP contribution < -0.4 is 9.47 Å². The highest BCUT2D eigenvalue weighted by molar-refractivity contribution is 5.42. The highest BCUT2D eigenvalue weighted by atomic mass is 16.5. The van der Waals surface area contributed by atoms with Gasteiger partial charge < -0.3 is 14.6 Å². The van der Waals surface area contributed by atoms with E-state index in [0.29, 0.717) is 6.61 Å². The summed E-state index contributed by atoms with van der Waals surface area (Å²) in [7, 11) is 0. The maximum absolute atomic E-state index is 9.10. The molecule has 0 atom stereocenters. The van der Waals surface area contributed by atoms with E-state index in [1.165, 1.54) is 19.3 Å². The zero-order chi connectivity index (χ0) is 13.2. The van der Waals surface area contributed by atoms with Crippen molar-refractivity contribution in [2.45, 2.75) is 46.1 Å². The summed E-state index contributed by atoms with van der Waals surface area (Å²) in [4.78, 5) is 0. The molecule has 0 spiro atoms. The molecule has 0 saturated carbocycles. The molecule has 0 amide bonds. The van der Waals surface area contributed by atoms with Crippen LogP contribution >= 0.6 is 0 Å². The van der Waals surface area contributed by atoms with Gasteiger partial charge in [-0.1, -0.05) is 32.3 Å². The molecule has 3 nitrogen and oxygen atoms in total. The first kappa shape index (κ1) is 14.8. The van der Waals surface area contributed by atoms with Crippen LogP contribution in [0.1, 0.15) is 45.1 Å². The molecule has 1 aromatic rings. The summed E-state index contributed by atoms with van der Waals surface area (Å²) in [6, 6.07) is 5.57. The summed E-state index contributed by atoms with van der Waals surface area (Å²) in [5.41, 5.74) is 0.844. The molecular weight excluding hydrogens is 228 g/mol. The summed E-state index contributed by atoms with van der Waals surface area (Å²) >= 11 is 0. The van der Waals surface area contributed by atoms with Crippen LogP contribution in [0.15, 0.2) is 18.2 Å². The van der Waals surface area contributed by atoms with Gasteiger partial charge in [0, 0.05) is 0 Å². The quantitative estimate of drug-likeness (QED) is 0.683. The highest BCUT2D eigenvalue weighted by Gasteiger charge is 2.06. The summed E-state index contributed by atoms with van der Waals surface area (Å²) in [6.07, 6.45) is 4.76. The minimum absolute atomic E-state index is 0.0247. The number of aliphatic hydroxyl groups excluding tert-OH is 1. The maximum atomic E-state index is 9.10. The van der Waals surface area contributed by atoms with Gasteiger partial charge in [-0.3, -0.25) is 0 Å². The molecule has 0 aliphatic heterocycles. The SMILES string of the molecule is CCCCCCOc1ccc(CO)cc1OCC. The molecule has 0 saturated heterocycles. The lowest BCUT2D eigenvalue weighted by Gasteiger charge is -2.12. The van der Waals surface area contributed by atoms with Crippen LogP contribution in [0.3, 0.4) is 0 Å². The fourth-order valence-electron chi connectivity index (χ4n) is 1.75. The molecule has 0 aliphatic rings. The Morgan fingerprint density at radius 2 is 1.83 bits per heavy atom. The van der Waals surface area contributed by atoms with Crippen LogP contribution in [0.4, 0.5) is 0 Å². The lowest BCUT2D eigenvalue weighted by Crippen LogP contribution is -2.01. The smallest absolute Gasteiger partial charge is 0.161 e. The lowest BCUT2D eigenvalue weighted by atomic mass is 10.2. The van der Waals surface area contributed by atoms with E-state index >= 15 is 0 Å². The first-order valence-corrected chi connectivity index (χ1v) is 6.81. The van der Waals surface area contributed by atoms with Gasteiger partial charge in [0.25, 0.3) is 0 Å². The van der Waals surface area contributed by atoms with Gasteiger partial charge >= 0.3 is 0 Å². The molecule has 0 heterocycles. The fraction of sp³-hybridized carbons (Fsp3) is 0.600. The van der Waals surface area contributed by atoms with E-state index in [9.17, 15) is 0 Å². The molecule has 18 heavy (non-hydrogen) atoms. The minimum atomic E-state index is 0.0247. The van der Waals surface area contributed by atoms with Crippen molar-refractivity contribution in [2.75, 3.05) is 13.2 Å². The van der Waals surface area contributed by atoms with Crippen molar-refractivity contribution in [2.24, 2.45) is 0 Å². The van der Waals surface area contributed by atoms with Gasteiger partial charge in [0.2, 0.25) is 0 Å². The highest BCUT2D eigenvalue weighted by Crippen LogP contribution is 2.28. The number of ether oxygens (including phenoxy) is 2.